The average molecular weight is 317 g/mol. The first-order valence-corrected chi connectivity index (χ1v) is 8.60. The topological polar surface area (TPSA) is 55.4 Å². The second kappa shape index (κ2) is 8.70. The van der Waals surface area contributed by atoms with Crippen LogP contribution in [0.25, 0.3) is 0 Å². The Bertz CT molecular complexity index is 515. The van der Waals surface area contributed by atoms with Crippen LogP contribution >= 0.6 is 0 Å². The number of carbonyl (C=O) groups is 2. The Morgan fingerprint density at radius 2 is 1.91 bits per heavy atom. The Labute approximate surface area is 138 Å². The van der Waals surface area contributed by atoms with E-state index in [1.165, 1.54) is 6.42 Å². The van der Waals surface area contributed by atoms with Gasteiger partial charge in [-0.3, -0.25) is 9.59 Å². The van der Waals surface area contributed by atoms with Crippen molar-refractivity contribution in [3.05, 3.63) is 35.9 Å². The number of rotatable bonds is 6. The van der Waals surface area contributed by atoms with Gasteiger partial charge in [-0.2, -0.15) is 0 Å². The molecule has 0 heterocycles. The van der Waals surface area contributed by atoms with Gasteiger partial charge in [0.15, 0.2) is 6.10 Å². The predicted octanol–water partition coefficient (Wildman–Crippen LogP) is 3.25. The summed E-state index contributed by atoms with van der Waals surface area (Å²) in [5, 5.41) is 3.03. The van der Waals surface area contributed by atoms with E-state index in [9.17, 15) is 9.59 Å². The zero-order chi connectivity index (χ0) is 16.7. The van der Waals surface area contributed by atoms with E-state index in [1.54, 1.807) is 6.92 Å². The van der Waals surface area contributed by atoms with Gasteiger partial charge in [0.2, 0.25) is 0 Å². The van der Waals surface area contributed by atoms with Crippen molar-refractivity contribution in [2.45, 2.75) is 64.5 Å². The molecule has 3 atom stereocenters. The molecule has 0 spiro atoms. The molecule has 0 bridgehead atoms. The third-order valence-corrected chi connectivity index (χ3v) is 4.58. The maximum atomic E-state index is 12.2. The molecule has 1 aliphatic carbocycles. The van der Waals surface area contributed by atoms with Crippen molar-refractivity contribution in [2.24, 2.45) is 5.92 Å². The van der Waals surface area contributed by atoms with Crippen LogP contribution in [0.15, 0.2) is 30.3 Å². The number of benzene rings is 1. The minimum Gasteiger partial charge on any atom is -0.453 e. The third kappa shape index (κ3) is 5.70. The SMILES string of the molecule is C[C@@H]1CCCC[C@H]1NC(=O)[C@@H](C)OC(=O)CCc1ccccc1. The number of esters is 1. The van der Waals surface area contributed by atoms with Gasteiger partial charge in [-0.15, -0.1) is 0 Å². The van der Waals surface area contributed by atoms with Crippen LogP contribution < -0.4 is 5.32 Å². The van der Waals surface area contributed by atoms with E-state index in [1.807, 2.05) is 30.3 Å². The smallest absolute Gasteiger partial charge is 0.306 e. The molecule has 0 aromatic heterocycles. The molecule has 0 saturated heterocycles. The van der Waals surface area contributed by atoms with Crippen LogP contribution in [0.1, 0.15) is 51.5 Å². The van der Waals surface area contributed by atoms with Crippen LogP contribution in [0.5, 0.6) is 0 Å². The number of aryl methyl sites for hydroxylation is 1. The zero-order valence-electron chi connectivity index (χ0n) is 14.1. The molecule has 4 nitrogen and oxygen atoms in total. The fraction of sp³-hybridized carbons (Fsp3) is 0.579. The lowest BCUT2D eigenvalue weighted by atomic mass is 9.86. The maximum Gasteiger partial charge on any atom is 0.306 e. The molecule has 2 rings (SSSR count). The summed E-state index contributed by atoms with van der Waals surface area (Å²) in [5.74, 6) is -0.0151. The van der Waals surface area contributed by atoms with Gasteiger partial charge < -0.3 is 10.1 Å². The van der Waals surface area contributed by atoms with Crippen molar-refractivity contribution in [1.82, 2.24) is 5.32 Å². The summed E-state index contributed by atoms with van der Waals surface area (Å²) in [6.45, 7) is 3.81. The molecule has 1 saturated carbocycles. The summed E-state index contributed by atoms with van der Waals surface area (Å²) in [7, 11) is 0. The van der Waals surface area contributed by atoms with Crippen molar-refractivity contribution < 1.29 is 14.3 Å². The highest BCUT2D eigenvalue weighted by Gasteiger charge is 2.26. The van der Waals surface area contributed by atoms with E-state index in [-0.39, 0.29) is 17.9 Å². The molecule has 126 valence electrons. The van der Waals surface area contributed by atoms with Gasteiger partial charge in [-0.05, 0) is 37.7 Å². The van der Waals surface area contributed by atoms with Gasteiger partial charge in [0.05, 0.1) is 0 Å². The van der Waals surface area contributed by atoms with Crippen LogP contribution in [-0.4, -0.2) is 24.0 Å². The second-order valence-corrected chi connectivity index (χ2v) is 6.49. The maximum absolute atomic E-state index is 12.2. The van der Waals surface area contributed by atoms with Crippen LogP contribution in [0, 0.1) is 5.92 Å². The zero-order valence-corrected chi connectivity index (χ0v) is 14.1. The summed E-state index contributed by atoms with van der Waals surface area (Å²) in [4.78, 5) is 24.1. The quantitative estimate of drug-likeness (QED) is 0.820. The normalized spacial score (nSPS) is 22.2. The summed E-state index contributed by atoms with van der Waals surface area (Å²) in [5.41, 5.74) is 1.09. The number of carbonyl (C=O) groups excluding carboxylic acids is 2. The lowest BCUT2D eigenvalue weighted by Crippen LogP contribution is -2.46. The molecule has 0 aliphatic heterocycles. The number of nitrogens with one attached hydrogen (secondary N) is 1. The van der Waals surface area contributed by atoms with Crippen LogP contribution in [0.3, 0.4) is 0 Å². The molecular formula is C19H27NO3. The minimum absolute atomic E-state index is 0.184. The van der Waals surface area contributed by atoms with Gasteiger partial charge in [-0.1, -0.05) is 50.1 Å². The Balaban J connectivity index is 1.73. The van der Waals surface area contributed by atoms with Crippen LogP contribution in [0.4, 0.5) is 0 Å². The standard InChI is InChI=1S/C19H27NO3/c1-14-8-6-7-11-17(14)20-19(22)15(2)23-18(21)13-12-16-9-4-3-5-10-16/h3-5,9-10,14-15,17H,6-8,11-13H2,1-2H3,(H,20,22)/t14-,15-,17-/m1/s1. The molecule has 0 unspecified atom stereocenters. The lowest BCUT2D eigenvalue weighted by molar-refractivity contribution is -0.155. The third-order valence-electron chi connectivity index (χ3n) is 4.58. The number of amides is 1. The molecule has 1 aromatic carbocycles. The van der Waals surface area contributed by atoms with Gasteiger partial charge in [0.1, 0.15) is 0 Å². The molecule has 1 fully saturated rings. The fourth-order valence-electron chi connectivity index (χ4n) is 3.03. The van der Waals surface area contributed by atoms with Crippen LogP contribution in [-0.2, 0) is 20.7 Å². The Morgan fingerprint density at radius 3 is 2.61 bits per heavy atom. The first kappa shape index (κ1) is 17.5. The Morgan fingerprint density at radius 1 is 1.22 bits per heavy atom. The summed E-state index contributed by atoms with van der Waals surface area (Å²) >= 11 is 0. The van der Waals surface area contributed by atoms with Gasteiger partial charge in [0, 0.05) is 12.5 Å². The van der Waals surface area contributed by atoms with E-state index < -0.39 is 6.10 Å². The van der Waals surface area contributed by atoms with Crippen molar-refractivity contribution in [3.8, 4) is 0 Å². The summed E-state index contributed by atoms with van der Waals surface area (Å²) in [6.07, 6.45) is 4.75. The second-order valence-electron chi connectivity index (χ2n) is 6.49. The predicted molar refractivity (Wildman–Crippen MR) is 89.9 cm³/mol. The van der Waals surface area contributed by atoms with Gasteiger partial charge in [0.25, 0.3) is 5.91 Å². The number of hydrogen-bond donors (Lipinski definition) is 1. The summed E-state index contributed by atoms with van der Waals surface area (Å²) < 4.78 is 5.26. The van der Waals surface area contributed by atoms with Gasteiger partial charge in [-0.25, -0.2) is 0 Å². The largest absolute Gasteiger partial charge is 0.453 e. The lowest BCUT2D eigenvalue weighted by Gasteiger charge is -2.30. The van der Waals surface area contributed by atoms with E-state index in [0.717, 1.165) is 24.8 Å². The molecular weight excluding hydrogens is 290 g/mol. The Kier molecular flexibility index (Phi) is 6.63. The minimum atomic E-state index is -0.729. The Hall–Kier alpha value is -1.84. The number of hydrogen-bond acceptors (Lipinski definition) is 3. The molecule has 4 heteroatoms. The highest BCUT2D eigenvalue weighted by atomic mass is 16.5. The molecule has 1 aromatic rings. The number of ether oxygens (including phenoxy) is 1. The van der Waals surface area contributed by atoms with Crippen molar-refractivity contribution >= 4 is 11.9 Å². The molecule has 1 N–H and O–H groups in total. The molecule has 0 radical (unpaired) electrons. The van der Waals surface area contributed by atoms with Crippen molar-refractivity contribution in [1.29, 1.82) is 0 Å². The van der Waals surface area contributed by atoms with E-state index in [0.29, 0.717) is 18.8 Å². The molecule has 1 aliphatic rings. The van der Waals surface area contributed by atoms with Crippen LogP contribution in [0.2, 0.25) is 0 Å². The van der Waals surface area contributed by atoms with Crippen molar-refractivity contribution in [3.63, 3.8) is 0 Å². The molecule has 23 heavy (non-hydrogen) atoms. The highest BCUT2D eigenvalue weighted by Crippen LogP contribution is 2.23. The van der Waals surface area contributed by atoms with Gasteiger partial charge >= 0.3 is 5.97 Å². The fourth-order valence-corrected chi connectivity index (χ4v) is 3.03. The van der Waals surface area contributed by atoms with Crippen molar-refractivity contribution in [2.75, 3.05) is 0 Å². The first-order chi connectivity index (χ1) is 11.1. The van der Waals surface area contributed by atoms with E-state index in [4.69, 9.17) is 4.74 Å². The highest BCUT2D eigenvalue weighted by molar-refractivity contribution is 5.83. The monoisotopic (exact) mass is 317 g/mol. The first-order valence-electron chi connectivity index (χ1n) is 8.60. The van der Waals surface area contributed by atoms with E-state index >= 15 is 0 Å². The molecule has 1 amide bonds. The van der Waals surface area contributed by atoms with E-state index in [2.05, 4.69) is 12.2 Å². The summed E-state index contributed by atoms with van der Waals surface area (Å²) in [6, 6.07) is 10.0. The average Bonchev–Trinajstić information content (AvgIpc) is 2.56.